The third kappa shape index (κ3) is 3.86. The molecular formula is C25H16N4O2. The number of carbonyl (C=O) groups is 1. The molecule has 6 nitrogen and oxygen atoms in total. The lowest BCUT2D eigenvalue weighted by atomic mass is 9.98. The second kappa shape index (κ2) is 8.12. The largest absolute Gasteiger partial charge is 0.368 e. The molecule has 1 aliphatic heterocycles. The van der Waals surface area contributed by atoms with E-state index in [0.29, 0.717) is 11.3 Å². The SMILES string of the molecule is O=C1ON=C(c2ccc(-c3ccccn3)cc2)/C1=C/c1ccc(-c2cncnc2)cc1. The van der Waals surface area contributed by atoms with Crippen molar-refractivity contribution >= 4 is 17.8 Å². The second-order valence-electron chi connectivity index (χ2n) is 6.92. The summed E-state index contributed by atoms with van der Waals surface area (Å²) in [5, 5.41) is 4.00. The van der Waals surface area contributed by atoms with Gasteiger partial charge in [0.15, 0.2) is 0 Å². The van der Waals surface area contributed by atoms with Crippen molar-refractivity contribution in [1.82, 2.24) is 15.0 Å². The molecule has 0 saturated carbocycles. The Morgan fingerprint density at radius 3 is 2.16 bits per heavy atom. The number of hydrogen-bond acceptors (Lipinski definition) is 6. The molecule has 148 valence electrons. The van der Waals surface area contributed by atoms with Crippen molar-refractivity contribution in [1.29, 1.82) is 0 Å². The molecule has 2 aromatic heterocycles. The molecule has 3 heterocycles. The Kier molecular flexibility index (Phi) is 4.86. The number of oxime groups is 1. The van der Waals surface area contributed by atoms with Gasteiger partial charge in [0.1, 0.15) is 12.0 Å². The fourth-order valence-corrected chi connectivity index (χ4v) is 3.34. The first-order chi connectivity index (χ1) is 15.3. The summed E-state index contributed by atoms with van der Waals surface area (Å²) < 4.78 is 0. The average Bonchev–Trinajstić information content (AvgIpc) is 3.21. The highest BCUT2D eigenvalue weighted by Gasteiger charge is 2.26. The minimum Gasteiger partial charge on any atom is -0.312 e. The number of carbonyl (C=O) groups excluding carboxylic acids is 1. The maximum absolute atomic E-state index is 12.3. The molecule has 0 aliphatic carbocycles. The van der Waals surface area contributed by atoms with Crippen LogP contribution in [0.4, 0.5) is 0 Å². The van der Waals surface area contributed by atoms with Gasteiger partial charge >= 0.3 is 5.97 Å². The van der Waals surface area contributed by atoms with Gasteiger partial charge in [-0.1, -0.05) is 59.8 Å². The van der Waals surface area contributed by atoms with E-state index in [1.54, 1.807) is 24.7 Å². The first-order valence-corrected chi connectivity index (χ1v) is 9.67. The highest BCUT2D eigenvalue weighted by atomic mass is 16.7. The molecule has 2 aromatic carbocycles. The first kappa shape index (κ1) is 18.6. The van der Waals surface area contributed by atoms with E-state index in [0.717, 1.165) is 33.5 Å². The molecule has 0 amide bonds. The van der Waals surface area contributed by atoms with Crippen LogP contribution >= 0.6 is 0 Å². The topological polar surface area (TPSA) is 77.3 Å². The Morgan fingerprint density at radius 2 is 1.45 bits per heavy atom. The predicted octanol–water partition coefficient (Wildman–Crippen LogP) is 4.55. The second-order valence-corrected chi connectivity index (χ2v) is 6.92. The predicted molar refractivity (Wildman–Crippen MR) is 118 cm³/mol. The van der Waals surface area contributed by atoms with Crippen LogP contribution in [0.15, 0.2) is 102 Å². The molecule has 6 heteroatoms. The van der Waals surface area contributed by atoms with Gasteiger partial charge in [-0.05, 0) is 29.3 Å². The van der Waals surface area contributed by atoms with E-state index in [1.165, 1.54) is 6.33 Å². The van der Waals surface area contributed by atoms with Gasteiger partial charge in [0.05, 0.1) is 11.3 Å². The van der Waals surface area contributed by atoms with Crippen LogP contribution in [0.25, 0.3) is 28.5 Å². The van der Waals surface area contributed by atoms with Crippen LogP contribution in [0.3, 0.4) is 0 Å². The normalized spacial score (nSPS) is 14.4. The third-order valence-corrected chi connectivity index (χ3v) is 4.93. The fourth-order valence-electron chi connectivity index (χ4n) is 3.34. The van der Waals surface area contributed by atoms with E-state index in [9.17, 15) is 4.79 Å². The van der Waals surface area contributed by atoms with Crippen LogP contribution in [0.1, 0.15) is 11.1 Å². The van der Waals surface area contributed by atoms with Crippen LogP contribution < -0.4 is 0 Å². The monoisotopic (exact) mass is 404 g/mol. The smallest absolute Gasteiger partial charge is 0.312 e. The Bertz CT molecular complexity index is 1280. The maximum atomic E-state index is 12.3. The zero-order chi connectivity index (χ0) is 21.0. The molecule has 4 aromatic rings. The molecule has 1 aliphatic rings. The molecular weight excluding hydrogens is 388 g/mol. The summed E-state index contributed by atoms with van der Waals surface area (Å²) in [4.78, 5) is 29.7. The van der Waals surface area contributed by atoms with Crippen LogP contribution in [-0.2, 0) is 9.63 Å². The number of rotatable bonds is 4. The van der Waals surface area contributed by atoms with E-state index in [2.05, 4.69) is 20.1 Å². The number of benzene rings is 2. The highest BCUT2D eigenvalue weighted by Crippen LogP contribution is 2.24. The fraction of sp³-hybridized carbons (Fsp3) is 0. The molecule has 0 saturated heterocycles. The van der Waals surface area contributed by atoms with E-state index in [1.807, 2.05) is 66.7 Å². The van der Waals surface area contributed by atoms with E-state index in [4.69, 9.17) is 4.84 Å². The summed E-state index contributed by atoms with van der Waals surface area (Å²) in [5.74, 6) is -0.468. The number of pyridine rings is 1. The summed E-state index contributed by atoms with van der Waals surface area (Å²) in [6.45, 7) is 0. The Morgan fingerprint density at radius 1 is 0.742 bits per heavy atom. The lowest BCUT2D eigenvalue weighted by Crippen LogP contribution is -2.06. The lowest BCUT2D eigenvalue weighted by Gasteiger charge is -2.04. The van der Waals surface area contributed by atoms with Crippen LogP contribution in [-0.4, -0.2) is 26.6 Å². The standard InChI is InChI=1S/C25H16N4O2/c30-25-22(13-17-4-6-18(7-5-17)21-14-26-16-27-15-21)24(29-31-25)20-10-8-19(9-11-20)23-3-1-2-12-28-23/h1-16H/b22-13-. The molecule has 0 bridgehead atoms. The minimum absolute atomic E-state index is 0.418. The molecule has 0 unspecified atom stereocenters. The Hall–Kier alpha value is -4.45. The molecule has 0 atom stereocenters. The van der Waals surface area contributed by atoms with Crippen LogP contribution in [0.2, 0.25) is 0 Å². The summed E-state index contributed by atoms with van der Waals surface area (Å²) in [5.41, 5.74) is 6.39. The van der Waals surface area contributed by atoms with Crippen molar-refractivity contribution < 1.29 is 9.63 Å². The zero-order valence-corrected chi connectivity index (χ0v) is 16.3. The van der Waals surface area contributed by atoms with Crippen LogP contribution in [0, 0.1) is 0 Å². The number of nitrogens with zero attached hydrogens (tertiary/aromatic N) is 4. The van der Waals surface area contributed by atoms with Crippen molar-refractivity contribution in [2.24, 2.45) is 5.16 Å². The molecule has 0 spiro atoms. The van der Waals surface area contributed by atoms with Gasteiger partial charge in [-0.15, -0.1) is 0 Å². The summed E-state index contributed by atoms with van der Waals surface area (Å²) in [7, 11) is 0. The van der Waals surface area contributed by atoms with E-state index >= 15 is 0 Å². The van der Waals surface area contributed by atoms with Crippen molar-refractivity contribution in [2.75, 3.05) is 0 Å². The van der Waals surface area contributed by atoms with Crippen molar-refractivity contribution in [3.8, 4) is 22.4 Å². The van der Waals surface area contributed by atoms with Gasteiger partial charge < -0.3 is 4.84 Å². The van der Waals surface area contributed by atoms with Gasteiger partial charge in [0.2, 0.25) is 0 Å². The Labute approximate surface area is 178 Å². The van der Waals surface area contributed by atoms with Crippen LogP contribution in [0.5, 0.6) is 0 Å². The maximum Gasteiger partial charge on any atom is 0.368 e. The third-order valence-electron chi connectivity index (χ3n) is 4.93. The molecule has 0 radical (unpaired) electrons. The molecule has 0 N–H and O–H groups in total. The van der Waals surface area contributed by atoms with Gasteiger partial charge in [0, 0.05) is 35.3 Å². The van der Waals surface area contributed by atoms with Gasteiger partial charge in [-0.2, -0.15) is 0 Å². The van der Waals surface area contributed by atoms with Gasteiger partial charge in [0.25, 0.3) is 0 Å². The quantitative estimate of drug-likeness (QED) is 0.368. The van der Waals surface area contributed by atoms with Crippen molar-refractivity contribution in [2.45, 2.75) is 0 Å². The lowest BCUT2D eigenvalue weighted by molar-refractivity contribution is -0.136. The number of hydrogen-bond donors (Lipinski definition) is 0. The summed E-state index contributed by atoms with van der Waals surface area (Å²) in [6, 6.07) is 21.3. The zero-order valence-electron chi connectivity index (χ0n) is 16.3. The Balaban J connectivity index is 1.42. The average molecular weight is 404 g/mol. The molecule has 31 heavy (non-hydrogen) atoms. The molecule has 5 rings (SSSR count). The molecule has 0 fully saturated rings. The number of aromatic nitrogens is 3. The van der Waals surface area contributed by atoms with Gasteiger partial charge in [-0.25, -0.2) is 14.8 Å². The van der Waals surface area contributed by atoms with E-state index < -0.39 is 5.97 Å². The first-order valence-electron chi connectivity index (χ1n) is 9.67. The highest BCUT2D eigenvalue weighted by molar-refractivity contribution is 6.31. The van der Waals surface area contributed by atoms with E-state index in [-0.39, 0.29) is 0 Å². The minimum atomic E-state index is -0.468. The van der Waals surface area contributed by atoms with Gasteiger partial charge in [-0.3, -0.25) is 4.98 Å². The van der Waals surface area contributed by atoms with Crippen molar-refractivity contribution in [3.05, 3.63) is 108 Å². The summed E-state index contributed by atoms with van der Waals surface area (Å²) in [6.07, 6.45) is 8.56. The summed E-state index contributed by atoms with van der Waals surface area (Å²) >= 11 is 0. The van der Waals surface area contributed by atoms with Crippen molar-refractivity contribution in [3.63, 3.8) is 0 Å².